The molecule has 0 saturated carbocycles. The summed E-state index contributed by atoms with van der Waals surface area (Å²) in [7, 11) is 0. The largest absolute Gasteiger partial charge is 0.481 e. The van der Waals surface area contributed by atoms with Crippen LogP contribution in [0.25, 0.3) is 0 Å². The van der Waals surface area contributed by atoms with Crippen molar-refractivity contribution in [3.05, 3.63) is 30.1 Å². The van der Waals surface area contributed by atoms with Gasteiger partial charge in [0.15, 0.2) is 0 Å². The van der Waals surface area contributed by atoms with Gasteiger partial charge in [-0.15, -0.1) is 0 Å². The third-order valence-corrected chi connectivity index (χ3v) is 3.87. The van der Waals surface area contributed by atoms with Crippen LogP contribution in [0.3, 0.4) is 0 Å². The molecule has 0 saturated heterocycles. The van der Waals surface area contributed by atoms with E-state index in [9.17, 15) is 14.7 Å². The van der Waals surface area contributed by atoms with E-state index in [-0.39, 0.29) is 18.4 Å². The molecule has 1 heterocycles. The molecule has 1 amide bonds. The number of hydrogen-bond donors (Lipinski definition) is 2. The Balaban J connectivity index is 2.70. The monoisotopic (exact) mass is 278 g/mol. The minimum absolute atomic E-state index is 0.0000640. The Hall–Kier alpha value is -1.91. The Morgan fingerprint density at radius 1 is 1.40 bits per heavy atom. The van der Waals surface area contributed by atoms with Crippen LogP contribution in [0.2, 0.25) is 0 Å². The summed E-state index contributed by atoms with van der Waals surface area (Å²) in [4.78, 5) is 27.5. The van der Waals surface area contributed by atoms with E-state index < -0.39 is 11.4 Å². The highest BCUT2D eigenvalue weighted by atomic mass is 16.4. The molecule has 110 valence electrons. The van der Waals surface area contributed by atoms with Gasteiger partial charge in [0.25, 0.3) is 0 Å². The molecule has 0 spiro atoms. The predicted molar refractivity (Wildman–Crippen MR) is 76.1 cm³/mol. The van der Waals surface area contributed by atoms with Crippen molar-refractivity contribution < 1.29 is 14.7 Å². The number of carboxylic acids is 1. The number of amides is 1. The fourth-order valence-electron chi connectivity index (χ4n) is 2.19. The van der Waals surface area contributed by atoms with Crippen LogP contribution in [0.5, 0.6) is 0 Å². The van der Waals surface area contributed by atoms with Gasteiger partial charge in [-0.3, -0.25) is 14.6 Å². The van der Waals surface area contributed by atoms with Crippen LogP contribution in [-0.2, 0) is 9.59 Å². The normalized spacial score (nSPS) is 12.8. The summed E-state index contributed by atoms with van der Waals surface area (Å²) < 4.78 is 0. The molecule has 0 unspecified atom stereocenters. The van der Waals surface area contributed by atoms with Gasteiger partial charge in [0.2, 0.25) is 5.91 Å². The molecule has 0 aromatic carbocycles. The van der Waals surface area contributed by atoms with Crippen molar-refractivity contribution in [3.63, 3.8) is 0 Å². The third kappa shape index (κ3) is 3.79. The van der Waals surface area contributed by atoms with Gasteiger partial charge in [0.05, 0.1) is 11.5 Å². The van der Waals surface area contributed by atoms with Gasteiger partial charge in [0.1, 0.15) is 0 Å². The van der Waals surface area contributed by atoms with Gasteiger partial charge < -0.3 is 10.4 Å². The maximum absolute atomic E-state index is 12.1. The van der Waals surface area contributed by atoms with Crippen molar-refractivity contribution in [1.82, 2.24) is 10.3 Å². The number of nitrogens with zero attached hydrogens (tertiary/aromatic N) is 1. The molecule has 0 aliphatic rings. The van der Waals surface area contributed by atoms with Gasteiger partial charge in [-0.05, 0) is 31.4 Å². The average Bonchev–Trinajstić information content (AvgIpc) is 2.45. The van der Waals surface area contributed by atoms with Gasteiger partial charge >= 0.3 is 5.97 Å². The van der Waals surface area contributed by atoms with E-state index in [4.69, 9.17) is 0 Å². The Labute approximate surface area is 119 Å². The second-order valence-electron chi connectivity index (χ2n) is 5.04. The standard InChI is InChI=1S/C15H22N2O3/c1-4-15(5-2,14(19)20)9-13(18)17-11(3)12-7-6-8-16-10-12/h6-8,10-11H,4-5,9H2,1-3H3,(H,17,18)(H,19,20)/t11-/m0/s1. The van der Waals surface area contributed by atoms with Crippen LogP contribution >= 0.6 is 0 Å². The Morgan fingerprint density at radius 2 is 2.05 bits per heavy atom. The number of aliphatic carboxylic acids is 1. The summed E-state index contributed by atoms with van der Waals surface area (Å²) in [5.41, 5.74) is -0.0755. The lowest BCUT2D eigenvalue weighted by Crippen LogP contribution is -2.37. The van der Waals surface area contributed by atoms with Crippen LogP contribution in [0.15, 0.2) is 24.5 Å². The zero-order chi connectivity index (χ0) is 15.2. The minimum atomic E-state index is -0.973. The molecule has 20 heavy (non-hydrogen) atoms. The van der Waals surface area contributed by atoms with E-state index in [1.807, 2.05) is 13.0 Å². The molecule has 0 bridgehead atoms. The van der Waals surface area contributed by atoms with E-state index >= 15 is 0 Å². The number of nitrogens with one attached hydrogen (secondary N) is 1. The molecule has 1 rings (SSSR count). The average molecular weight is 278 g/mol. The van der Waals surface area contributed by atoms with Crippen molar-refractivity contribution in [2.24, 2.45) is 5.41 Å². The Bertz CT molecular complexity index is 455. The Morgan fingerprint density at radius 3 is 2.50 bits per heavy atom. The first kappa shape index (κ1) is 16.1. The maximum atomic E-state index is 12.1. The highest BCUT2D eigenvalue weighted by Gasteiger charge is 2.37. The number of aromatic nitrogens is 1. The molecule has 0 aliphatic heterocycles. The smallest absolute Gasteiger partial charge is 0.310 e. The molecular formula is C15H22N2O3. The molecule has 1 aromatic rings. The number of pyridine rings is 1. The van der Waals surface area contributed by atoms with E-state index in [0.717, 1.165) is 5.56 Å². The minimum Gasteiger partial charge on any atom is -0.481 e. The first-order chi connectivity index (χ1) is 9.45. The second kappa shape index (κ2) is 7.03. The zero-order valence-corrected chi connectivity index (χ0v) is 12.2. The van der Waals surface area contributed by atoms with Crippen LogP contribution in [-0.4, -0.2) is 22.0 Å². The molecule has 0 aliphatic carbocycles. The molecule has 5 heteroatoms. The fourth-order valence-corrected chi connectivity index (χ4v) is 2.19. The lowest BCUT2D eigenvalue weighted by Gasteiger charge is -2.26. The van der Waals surface area contributed by atoms with E-state index in [0.29, 0.717) is 12.8 Å². The topological polar surface area (TPSA) is 79.3 Å². The number of carbonyl (C=O) groups excluding carboxylic acids is 1. The summed E-state index contributed by atoms with van der Waals surface area (Å²) in [6.07, 6.45) is 4.23. The molecule has 2 N–H and O–H groups in total. The van der Waals surface area contributed by atoms with Gasteiger partial charge in [0, 0.05) is 18.8 Å². The highest BCUT2D eigenvalue weighted by Crippen LogP contribution is 2.31. The van der Waals surface area contributed by atoms with Gasteiger partial charge in [-0.2, -0.15) is 0 Å². The third-order valence-electron chi connectivity index (χ3n) is 3.87. The van der Waals surface area contributed by atoms with E-state index in [1.165, 1.54) is 0 Å². The molecule has 5 nitrogen and oxygen atoms in total. The summed E-state index contributed by atoms with van der Waals surface area (Å²) in [5, 5.41) is 12.2. The van der Waals surface area contributed by atoms with E-state index in [1.54, 1.807) is 32.3 Å². The molecule has 0 radical (unpaired) electrons. The molecule has 0 fully saturated rings. The predicted octanol–water partition coefficient (Wildman–Crippen LogP) is 2.54. The first-order valence-corrected chi connectivity index (χ1v) is 6.88. The number of carboxylic acid groups (broad SMARTS) is 1. The first-order valence-electron chi connectivity index (χ1n) is 6.88. The van der Waals surface area contributed by atoms with Crippen LogP contribution < -0.4 is 5.32 Å². The van der Waals surface area contributed by atoms with Crippen LogP contribution in [0.1, 0.15) is 51.6 Å². The quantitative estimate of drug-likeness (QED) is 0.803. The molecular weight excluding hydrogens is 256 g/mol. The summed E-state index contributed by atoms with van der Waals surface area (Å²) >= 11 is 0. The summed E-state index contributed by atoms with van der Waals surface area (Å²) in [6, 6.07) is 3.50. The van der Waals surface area contributed by atoms with Crippen molar-refractivity contribution in [1.29, 1.82) is 0 Å². The van der Waals surface area contributed by atoms with Crippen molar-refractivity contribution in [3.8, 4) is 0 Å². The van der Waals surface area contributed by atoms with E-state index in [2.05, 4.69) is 10.3 Å². The SMILES string of the molecule is CCC(CC)(CC(=O)N[C@@H](C)c1cccnc1)C(=O)O. The number of rotatable bonds is 7. The van der Waals surface area contributed by atoms with Crippen molar-refractivity contribution >= 4 is 11.9 Å². The van der Waals surface area contributed by atoms with Gasteiger partial charge in [-0.25, -0.2) is 0 Å². The van der Waals surface area contributed by atoms with Crippen LogP contribution in [0, 0.1) is 5.41 Å². The highest BCUT2D eigenvalue weighted by molar-refractivity contribution is 5.85. The lowest BCUT2D eigenvalue weighted by molar-refractivity contribution is -0.152. The number of hydrogen-bond acceptors (Lipinski definition) is 3. The summed E-state index contributed by atoms with van der Waals surface area (Å²) in [6.45, 7) is 5.46. The maximum Gasteiger partial charge on any atom is 0.310 e. The van der Waals surface area contributed by atoms with Crippen LogP contribution in [0.4, 0.5) is 0 Å². The Kier molecular flexibility index (Phi) is 5.67. The van der Waals surface area contributed by atoms with Crippen molar-refractivity contribution in [2.45, 2.75) is 46.1 Å². The molecule has 1 atom stereocenters. The zero-order valence-electron chi connectivity index (χ0n) is 12.2. The lowest BCUT2D eigenvalue weighted by atomic mass is 9.79. The summed E-state index contributed by atoms with van der Waals surface area (Å²) in [5.74, 6) is -1.15. The van der Waals surface area contributed by atoms with Crippen molar-refractivity contribution in [2.75, 3.05) is 0 Å². The molecule has 1 aromatic heterocycles. The fraction of sp³-hybridized carbons (Fsp3) is 0.533. The van der Waals surface area contributed by atoms with Gasteiger partial charge in [-0.1, -0.05) is 19.9 Å². The second-order valence-corrected chi connectivity index (χ2v) is 5.04. The number of carbonyl (C=O) groups is 2.